The summed E-state index contributed by atoms with van der Waals surface area (Å²) >= 11 is 1.83. The SMILES string of the molecule is NNC(c1ccc(F)cc1)C1Cc2ccccc2S1. The zero-order valence-electron chi connectivity index (χ0n) is 10.3. The first kappa shape index (κ1) is 12.7. The van der Waals surface area contributed by atoms with Gasteiger partial charge in [-0.1, -0.05) is 30.3 Å². The molecule has 1 aliphatic heterocycles. The highest BCUT2D eigenvalue weighted by Crippen LogP contribution is 2.42. The molecule has 0 spiro atoms. The van der Waals surface area contributed by atoms with Crippen LogP contribution in [-0.2, 0) is 6.42 Å². The summed E-state index contributed by atoms with van der Waals surface area (Å²) in [6, 6.07) is 15.0. The van der Waals surface area contributed by atoms with Crippen LogP contribution in [0.3, 0.4) is 0 Å². The molecule has 2 aromatic carbocycles. The molecule has 2 atom stereocenters. The lowest BCUT2D eigenvalue weighted by atomic mass is 9.99. The summed E-state index contributed by atoms with van der Waals surface area (Å²) in [6.45, 7) is 0. The maximum atomic E-state index is 13.0. The Morgan fingerprint density at radius 2 is 1.89 bits per heavy atom. The predicted molar refractivity (Wildman–Crippen MR) is 76.3 cm³/mol. The van der Waals surface area contributed by atoms with E-state index in [4.69, 9.17) is 5.84 Å². The van der Waals surface area contributed by atoms with Gasteiger partial charge in [-0.15, -0.1) is 11.8 Å². The molecular weight excluding hydrogens is 259 g/mol. The molecule has 2 unspecified atom stereocenters. The maximum Gasteiger partial charge on any atom is 0.123 e. The summed E-state index contributed by atoms with van der Waals surface area (Å²) in [6.07, 6.45) is 0.979. The molecule has 0 aromatic heterocycles. The quantitative estimate of drug-likeness (QED) is 0.667. The molecule has 0 saturated heterocycles. The fourth-order valence-electron chi connectivity index (χ4n) is 2.48. The van der Waals surface area contributed by atoms with Crippen molar-refractivity contribution in [1.82, 2.24) is 5.43 Å². The van der Waals surface area contributed by atoms with Crippen LogP contribution in [0.15, 0.2) is 53.4 Å². The van der Waals surface area contributed by atoms with Crippen LogP contribution in [0.2, 0.25) is 0 Å². The van der Waals surface area contributed by atoms with Gasteiger partial charge in [0.2, 0.25) is 0 Å². The number of rotatable bonds is 3. The third-order valence-corrected chi connectivity index (χ3v) is 4.85. The Balaban J connectivity index is 1.83. The lowest BCUT2D eigenvalue weighted by Crippen LogP contribution is -2.35. The molecule has 1 heterocycles. The minimum atomic E-state index is -0.220. The summed E-state index contributed by atoms with van der Waals surface area (Å²) in [5.74, 6) is 5.48. The summed E-state index contributed by atoms with van der Waals surface area (Å²) in [7, 11) is 0. The highest BCUT2D eigenvalue weighted by atomic mass is 32.2. The van der Waals surface area contributed by atoms with E-state index in [0.717, 1.165) is 12.0 Å². The largest absolute Gasteiger partial charge is 0.271 e. The second-order valence-corrected chi connectivity index (χ2v) is 5.95. The van der Waals surface area contributed by atoms with Crippen molar-refractivity contribution < 1.29 is 4.39 Å². The Labute approximate surface area is 116 Å². The van der Waals surface area contributed by atoms with Crippen molar-refractivity contribution >= 4 is 11.8 Å². The van der Waals surface area contributed by atoms with Gasteiger partial charge in [-0.3, -0.25) is 11.3 Å². The van der Waals surface area contributed by atoms with E-state index < -0.39 is 0 Å². The number of hydrogen-bond acceptors (Lipinski definition) is 3. The summed E-state index contributed by atoms with van der Waals surface area (Å²) < 4.78 is 13.0. The molecule has 98 valence electrons. The molecule has 0 saturated carbocycles. The van der Waals surface area contributed by atoms with E-state index in [1.54, 1.807) is 12.1 Å². The highest BCUT2D eigenvalue weighted by Gasteiger charge is 2.29. The van der Waals surface area contributed by atoms with Crippen molar-refractivity contribution in [3.05, 3.63) is 65.5 Å². The van der Waals surface area contributed by atoms with Gasteiger partial charge in [0, 0.05) is 10.1 Å². The molecular formula is C15H15FN2S. The first-order valence-corrected chi connectivity index (χ1v) is 7.12. The molecule has 0 amide bonds. The Bertz CT molecular complexity index is 546. The van der Waals surface area contributed by atoms with Crippen molar-refractivity contribution in [3.8, 4) is 0 Å². The molecule has 2 aromatic rings. The van der Waals surface area contributed by atoms with Crippen LogP contribution in [0, 0.1) is 5.82 Å². The standard InChI is InChI=1S/C15H15FN2S/c16-12-7-5-10(6-8-12)15(18-17)14-9-11-3-1-2-4-13(11)19-14/h1-8,14-15,18H,9,17H2. The van der Waals surface area contributed by atoms with Crippen LogP contribution in [0.25, 0.3) is 0 Å². The first-order valence-electron chi connectivity index (χ1n) is 6.24. The molecule has 0 radical (unpaired) electrons. The number of benzene rings is 2. The fraction of sp³-hybridized carbons (Fsp3) is 0.200. The zero-order chi connectivity index (χ0) is 13.2. The van der Waals surface area contributed by atoms with Crippen LogP contribution >= 0.6 is 11.8 Å². The van der Waals surface area contributed by atoms with Crippen LogP contribution in [0.1, 0.15) is 17.2 Å². The lowest BCUT2D eigenvalue weighted by Gasteiger charge is -2.22. The molecule has 2 nitrogen and oxygen atoms in total. The van der Waals surface area contributed by atoms with E-state index in [1.807, 2.05) is 11.8 Å². The third kappa shape index (κ3) is 2.52. The second kappa shape index (κ2) is 5.33. The Morgan fingerprint density at radius 1 is 1.16 bits per heavy atom. The van der Waals surface area contributed by atoms with E-state index in [-0.39, 0.29) is 11.9 Å². The van der Waals surface area contributed by atoms with Crippen molar-refractivity contribution in [3.63, 3.8) is 0 Å². The minimum Gasteiger partial charge on any atom is -0.271 e. The van der Waals surface area contributed by atoms with Gasteiger partial charge >= 0.3 is 0 Å². The first-order chi connectivity index (χ1) is 9.28. The van der Waals surface area contributed by atoms with Gasteiger partial charge in [-0.2, -0.15) is 0 Å². The average molecular weight is 274 g/mol. The van der Waals surface area contributed by atoms with Gasteiger partial charge in [-0.05, 0) is 35.7 Å². The fourth-order valence-corrected chi connectivity index (χ4v) is 3.90. The van der Waals surface area contributed by atoms with Crippen LogP contribution in [-0.4, -0.2) is 5.25 Å². The molecule has 3 rings (SSSR count). The van der Waals surface area contributed by atoms with Crippen molar-refractivity contribution in [2.24, 2.45) is 5.84 Å². The average Bonchev–Trinajstić information content (AvgIpc) is 2.85. The van der Waals surface area contributed by atoms with Gasteiger partial charge in [-0.25, -0.2) is 4.39 Å². The number of thioether (sulfide) groups is 1. The van der Waals surface area contributed by atoms with Gasteiger partial charge in [0.15, 0.2) is 0 Å². The number of fused-ring (bicyclic) bond motifs is 1. The van der Waals surface area contributed by atoms with Crippen LogP contribution in [0.4, 0.5) is 4.39 Å². The Kier molecular flexibility index (Phi) is 3.55. The van der Waals surface area contributed by atoms with Crippen LogP contribution in [0.5, 0.6) is 0 Å². The number of nitrogens with two attached hydrogens (primary N) is 1. The molecule has 3 N–H and O–H groups in total. The maximum absolute atomic E-state index is 13.0. The topological polar surface area (TPSA) is 38.0 Å². The number of hydrogen-bond donors (Lipinski definition) is 2. The Hall–Kier alpha value is -1.36. The van der Waals surface area contributed by atoms with Gasteiger partial charge in [0.05, 0.1) is 6.04 Å². The van der Waals surface area contributed by atoms with E-state index in [0.29, 0.717) is 5.25 Å². The second-order valence-electron chi connectivity index (χ2n) is 4.66. The smallest absolute Gasteiger partial charge is 0.123 e. The summed E-state index contributed by atoms with van der Waals surface area (Å²) in [5.41, 5.74) is 5.25. The normalized spacial score (nSPS) is 19.2. The van der Waals surface area contributed by atoms with E-state index in [1.165, 1.54) is 22.6 Å². The van der Waals surface area contributed by atoms with Gasteiger partial charge in [0.25, 0.3) is 0 Å². The molecule has 0 bridgehead atoms. The van der Waals surface area contributed by atoms with E-state index in [9.17, 15) is 4.39 Å². The number of hydrazine groups is 1. The Morgan fingerprint density at radius 3 is 2.58 bits per heavy atom. The van der Waals surface area contributed by atoms with E-state index >= 15 is 0 Å². The van der Waals surface area contributed by atoms with Crippen molar-refractivity contribution in [2.45, 2.75) is 22.6 Å². The predicted octanol–water partition coefficient (Wildman–Crippen LogP) is 3.05. The third-order valence-electron chi connectivity index (χ3n) is 3.45. The summed E-state index contributed by atoms with van der Waals surface area (Å²) in [5, 5.41) is 0.341. The van der Waals surface area contributed by atoms with Crippen LogP contribution < -0.4 is 11.3 Å². The number of halogens is 1. The molecule has 0 fully saturated rings. The van der Waals surface area contributed by atoms with Crippen molar-refractivity contribution in [2.75, 3.05) is 0 Å². The zero-order valence-corrected chi connectivity index (χ0v) is 11.2. The lowest BCUT2D eigenvalue weighted by molar-refractivity contribution is 0.531. The minimum absolute atomic E-state index is 0.0259. The molecule has 0 aliphatic carbocycles. The number of nitrogens with one attached hydrogen (secondary N) is 1. The summed E-state index contributed by atoms with van der Waals surface area (Å²) in [4.78, 5) is 1.31. The molecule has 4 heteroatoms. The van der Waals surface area contributed by atoms with Crippen molar-refractivity contribution in [1.29, 1.82) is 0 Å². The van der Waals surface area contributed by atoms with Gasteiger partial charge in [0.1, 0.15) is 5.82 Å². The van der Waals surface area contributed by atoms with Gasteiger partial charge < -0.3 is 0 Å². The van der Waals surface area contributed by atoms with E-state index in [2.05, 4.69) is 29.7 Å². The molecule has 1 aliphatic rings. The molecule has 19 heavy (non-hydrogen) atoms. The highest BCUT2D eigenvalue weighted by molar-refractivity contribution is 8.00. The monoisotopic (exact) mass is 274 g/mol.